The van der Waals surface area contributed by atoms with E-state index < -0.39 is 0 Å². The first kappa shape index (κ1) is 20.0. The predicted molar refractivity (Wildman–Crippen MR) is 109 cm³/mol. The Kier molecular flexibility index (Phi) is 5.96. The summed E-state index contributed by atoms with van der Waals surface area (Å²) in [6, 6.07) is 6.08. The molecule has 0 spiro atoms. The molecule has 148 valence electrons. The molecule has 0 saturated carbocycles. The largest absolute Gasteiger partial charge is 0.423 e. The number of aromatic nitrogens is 1. The second-order valence-electron chi connectivity index (χ2n) is 8.44. The minimum Gasteiger partial charge on any atom is -0.423 e. The van der Waals surface area contributed by atoms with Gasteiger partial charge in [-0.15, -0.1) is 0 Å². The molecule has 1 aromatic heterocycles. The molecule has 1 aliphatic rings. The predicted octanol–water partition coefficient (Wildman–Crippen LogP) is 3.54. The third kappa shape index (κ3) is 5.36. The minimum atomic E-state index is -0.242. The fourth-order valence-electron chi connectivity index (χ4n) is 3.95. The lowest BCUT2D eigenvalue weighted by atomic mass is 9.94. The van der Waals surface area contributed by atoms with Crippen LogP contribution in [0, 0.1) is 5.92 Å². The number of benzene rings is 1. The van der Waals surface area contributed by atoms with E-state index in [0.717, 1.165) is 38.0 Å². The monoisotopic (exact) mass is 392 g/mol. The Balaban J connectivity index is 1.61. The van der Waals surface area contributed by atoms with E-state index in [2.05, 4.69) is 33.9 Å². The Morgan fingerprint density at radius 3 is 2.96 bits per heavy atom. The van der Waals surface area contributed by atoms with E-state index in [-0.39, 0.29) is 11.4 Å². The molecule has 6 nitrogen and oxygen atoms in total. The molecule has 1 fully saturated rings. The smallest absolute Gasteiger partial charge is 0.298 e. The number of hydrogen-bond donors (Lipinski definition) is 1. The van der Waals surface area contributed by atoms with Crippen molar-refractivity contribution in [3.63, 3.8) is 0 Å². The number of fused-ring (bicyclic) bond motifs is 1. The van der Waals surface area contributed by atoms with Gasteiger partial charge in [-0.05, 0) is 58.8 Å². The van der Waals surface area contributed by atoms with Gasteiger partial charge in [0.15, 0.2) is 5.58 Å². The second kappa shape index (κ2) is 8.07. The highest BCUT2D eigenvalue weighted by molar-refractivity contribution is 6.31. The maximum absolute atomic E-state index is 12.5. The summed E-state index contributed by atoms with van der Waals surface area (Å²) in [5, 5.41) is 3.80. The summed E-state index contributed by atoms with van der Waals surface area (Å²) in [7, 11) is 4.03. The first-order chi connectivity index (χ1) is 12.7. The summed E-state index contributed by atoms with van der Waals surface area (Å²) in [6.07, 6.45) is 2.60. The summed E-state index contributed by atoms with van der Waals surface area (Å²) in [5.41, 5.74) is 1.26. The SMILES string of the molecule is CN(C)CC(C)(C)NC(=O)CC1CCCN(c2nc3ccc(Cl)cc3o2)C1. The third-order valence-electron chi connectivity index (χ3n) is 4.79. The molecule has 1 unspecified atom stereocenters. The molecule has 1 N–H and O–H groups in total. The first-order valence-electron chi connectivity index (χ1n) is 9.49. The summed E-state index contributed by atoms with van der Waals surface area (Å²) in [4.78, 5) is 21.3. The summed E-state index contributed by atoms with van der Waals surface area (Å²) >= 11 is 6.03. The normalized spacial score (nSPS) is 18.3. The lowest BCUT2D eigenvalue weighted by molar-refractivity contribution is -0.123. The van der Waals surface area contributed by atoms with E-state index in [0.29, 0.717) is 29.0 Å². The Labute approximate surface area is 165 Å². The number of oxazole rings is 1. The van der Waals surface area contributed by atoms with Gasteiger partial charge in [-0.1, -0.05) is 11.6 Å². The van der Waals surface area contributed by atoms with E-state index >= 15 is 0 Å². The number of nitrogens with one attached hydrogen (secondary N) is 1. The highest BCUT2D eigenvalue weighted by atomic mass is 35.5. The van der Waals surface area contributed by atoms with Crippen LogP contribution in [0.2, 0.25) is 5.02 Å². The van der Waals surface area contributed by atoms with Gasteiger partial charge in [0, 0.05) is 42.7 Å². The Morgan fingerprint density at radius 1 is 1.44 bits per heavy atom. The van der Waals surface area contributed by atoms with E-state index in [4.69, 9.17) is 16.0 Å². The zero-order valence-corrected chi connectivity index (χ0v) is 17.3. The molecule has 0 aliphatic carbocycles. The maximum Gasteiger partial charge on any atom is 0.298 e. The molecule has 1 aromatic carbocycles. The van der Waals surface area contributed by atoms with Crippen LogP contribution in [0.3, 0.4) is 0 Å². The van der Waals surface area contributed by atoms with Crippen LogP contribution in [0.15, 0.2) is 22.6 Å². The second-order valence-corrected chi connectivity index (χ2v) is 8.87. The van der Waals surface area contributed by atoms with Gasteiger partial charge in [0.1, 0.15) is 5.52 Å². The van der Waals surface area contributed by atoms with E-state index in [1.165, 1.54) is 0 Å². The third-order valence-corrected chi connectivity index (χ3v) is 5.03. The van der Waals surface area contributed by atoms with Crippen LogP contribution in [0.25, 0.3) is 11.1 Å². The quantitative estimate of drug-likeness (QED) is 0.814. The zero-order valence-electron chi connectivity index (χ0n) is 16.6. The van der Waals surface area contributed by atoms with Crippen molar-refractivity contribution >= 4 is 34.6 Å². The summed E-state index contributed by atoms with van der Waals surface area (Å²) in [6.45, 7) is 6.59. The fraction of sp³-hybridized carbons (Fsp3) is 0.600. The Hall–Kier alpha value is -1.79. The van der Waals surface area contributed by atoms with Gasteiger partial charge in [0.25, 0.3) is 6.01 Å². The molecular weight excluding hydrogens is 364 g/mol. The van der Waals surface area contributed by atoms with E-state index in [9.17, 15) is 4.79 Å². The molecule has 1 atom stereocenters. The lowest BCUT2D eigenvalue weighted by Crippen LogP contribution is -2.50. The van der Waals surface area contributed by atoms with Crippen molar-refractivity contribution in [2.75, 3.05) is 38.6 Å². The molecule has 1 aliphatic heterocycles. The van der Waals surface area contributed by atoms with Gasteiger partial charge in [-0.3, -0.25) is 4.79 Å². The molecule has 0 radical (unpaired) electrons. The van der Waals surface area contributed by atoms with E-state index in [1.54, 1.807) is 6.07 Å². The number of hydrogen-bond acceptors (Lipinski definition) is 5. The lowest BCUT2D eigenvalue weighted by Gasteiger charge is -2.33. The summed E-state index contributed by atoms with van der Waals surface area (Å²) in [5.74, 6) is 0.408. The standard InChI is InChI=1S/C20H29ClN4O2/c1-20(2,13-24(3)4)23-18(26)10-14-6-5-9-25(12-14)19-22-16-8-7-15(21)11-17(16)27-19/h7-8,11,14H,5-6,9-10,12-13H2,1-4H3,(H,23,26). The molecule has 2 heterocycles. The van der Waals surface area contributed by atoms with Gasteiger partial charge < -0.3 is 19.5 Å². The van der Waals surface area contributed by atoms with Gasteiger partial charge in [-0.2, -0.15) is 4.98 Å². The number of nitrogens with zero attached hydrogens (tertiary/aromatic N) is 3. The van der Waals surface area contributed by atoms with Crippen LogP contribution < -0.4 is 10.2 Å². The van der Waals surface area contributed by atoms with Crippen LogP contribution in [-0.4, -0.2) is 55.1 Å². The minimum absolute atomic E-state index is 0.109. The number of carbonyl (C=O) groups excluding carboxylic acids is 1. The Bertz CT molecular complexity index is 802. The number of anilines is 1. The number of halogens is 1. The zero-order chi connectivity index (χ0) is 19.6. The molecule has 1 saturated heterocycles. The van der Waals surface area contributed by atoms with Crippen LogP contribution in [0.5, 0.6) is 0 Å². The molecule has 3 rings (SSSR count). The fourth-order valence-corrected chi connectivity index (χ4v) is 4.11. The van der Waals surface area contributed by atoms with Crippen molar-refractivity contribution in [1.29, 1.82) is 0 Å². The molecule has 27 heavy (non-hydrogen) atoms. The number of amides is 1. The molecule has 2 aromatic rings. The van der Waals surface area contributed by atoms with Gasteiger partial charge >= 0.3 is 0 Å². The maximum atomic E-state index is 12.5. The van der Waals surface area contributed by atoms with Crippen molar-refractivity contribution in [1.82, 2.24) is 15.2 Å². The topological polar surface area (TPSA) is 61.6 Å². The highest BCUT2D eigenvalue weighted by Gasteiger charge is 2.27. The van der Waals surface area contributed by atoms with Gasteiger partial charge in [0.05, 0.1) is 0 Å². The molecular formula is C20H29ClN4O2. The van der Waals surface area contributed by atoms with Crippen LogP contribution in [0.4, 0.5) is 6.01 Å². The van der Waals surface area contributed by atoms with Gasteiger partial charge in [0.2, 0.25) is 5.91 Å². The van der Waals surface area contributed by atoms with Crippen LogP contribution in [0.1, 0.15) is 33.1 Å². The van der Waals surface area contributed by atoms with E-state index in [1.807, 2.05) is 26.2 Å². The van der Waals surface area contributed by atoms with Crippen molar-refractivity contribution < 1.29 is 9.21 Å². The van der Waals surface area contributed by atoms with Gasteiger partial charge in [-0.25, -0.2) is 0 Å². The number of piperidine rings is 1. The first-order valence-corrected chi connectivity index (χ1v) is 9.86. The van der Waals surface area contributed by atoms with Crippen molar-refractivity contribution in [2.45, 2.75) is 38.6 Å². The number of rotatable bonds is 6. The van der Waals surface area contributed by atoms with Crippen LogP contribution >= 0.6 is 11.6 Å². The number of carbonyl (C=O) groups is 1. The average Bonchev–Trinajstić information content (AvgIpc) is 2.96. The van der Waals surface area contributed by atoms with Crippen molar-refractivity contribution in [2.24, 2.45) is 5.92 Å². The van der Waals surface area contributed by atoms with Crippen molar-refractivity contribution in [3.8, 4) is 0 Å². The average molecular weight is 393 g/mol. The molecule has 1 amide bonds. The number of likely N-dealkylation sites (N-methyl/N-ethyl adjacent to an activating group) is 1. The Morgan fingerprint density at radius 2 is 2.22 bits per heavy atom. The summed E-state index contributed by atoms with van der Waals surface area (Å²) < 4.78 is 5.89. The molecule has 0 bridgehead atoms. The van der Waals surface area contributed by atoms with Crippen LogP contribution in [-0.2, 0) is 4.79 Å². The highest BCUT2D eigenvalue weighted by Crippen LogP contribution is 2.29. The van der Waals surface area contributed by atoms with Crippen molar-refractivity contribution in [3.05, 3.63) is 23.2 Å². The molecule has 7 heteroatoms.